The number of amides is 1. The van der Waals surface area contributed by atoms with Crippen molar-refractivity contribution in [3.63, 3.8) is 0 Å². The van der Waals surface area contributed by atoms with Crippen molar-refractivity contribution in [3.8, 4) is 0 Å². The molecule has 0 aliphatic heterocycles. The van der Waals surface area contributed by atoms with E-state index in [-0.39, 0.29) is 11.9 Å². The topological polar surface area (TPSA) is 98.7 Å². The zero-order chi connectivity index (χ0) is 16.4. The van der Waals surface area contributed by atoms with Gasteiger partial charge in [0.2, 0.25) is 11.8 Å². The number of carbonyl (C=O) groups excluding carboxylic acids is 1. The highest BCUT2D eigenvalue weighted by Crippen LogP contribution is 2.28. The molecule has 1 fully saturated rings. The molecule has 1 aliphatic carbocycles. The Labute approximate surface area is 134 Å². The summed E-state index contributed by atoms with van der Waals surface area (Å²) in [6.45, 7) is 6.20. The van der Waals surface area contributed by atoms with Crippen molar-refractivity contribution in [2.45, 2.75) is 59.0 Å². The van der Waals surface area contributed by atoms with E-state index in [0.29, 0.717) is 35.6 Å². The van der Waals surface area contributed by atoms with Gasteiger partial charge in [-0.25, -0.2) is 0 Å². The third kappa shape index (κ3) is 3.57. The highest BCUT2D eigenvalue weighted by atomic mass is 16.4. The number of aryl methyl sites for hydroxylation is 3. The first-order chi connectivity index (χ1) is 11.0. The molecule has 2 aromatic rings. The van der Waals surface area contributed by atoms with Gasteiger partial charge in [0.1, 0.15) is 0 Å². The molecule has 23 heavy (non-hydrogen) atoms. The van der Waals surface area contributed by atoms with Crippen LogP contribution in [0, 0.1) is 19.8 Å². The Morgan fingerprint density at radius 2 is 2.13 bits per heavy atom. The first-order valence-corrected chi connectivity index (χ1v) is 8.06. The van der Waals surface area contributed by atoms with Crippen molar-refractivity contribution in [2.24, 2.45) is 5.92 Å². The molecule has 124 valence electrons. The Bertz CT molecular complexity index is 692. The average molecular weight is 318 g/mol. The van der Waals surface area contributed by atoms with E-state index in [4.69, 9.17) is 4.42 Å². The van der Waals surface area contributed by atoms with Gasteiger partial charge in [0.25, 0.3) is 5.91 Å². The van der Waals surface area contributed by atoms with Crippen LogP contribution in [-0.4, -0.2) is 37.1 Å². The molecule has 0 radical (unpaired) electrons. The predicted molar refractivity (Wildman–Crippen MR) is 81.8 cm³/mol. The molecular weight excluding hydrogens is 296 g/mol. The van der Waals surface area contributed by atoms with E-state index >= 15 is 0 Å². The van der Waals surface area contributed by atoms with E-state index in [9.17, 15) is 4.79 Å². The maximum Gasteiger partial charge on any atom is 0.273 e. The van der Waals surface area contributed by atoms with Crippen LogP contribution in [0.15, 0.2) is 4.42 Å². The smallest absolute Gasteiger partial charge is 0.273 e. The molecule has 0 spiro atoms. The molecule has 2 heterocycles. The average Bonchev–Trinajstić information content (AvgIpc) is 3.21. The summed E-state index contributed by atoms with van der Waals surface area (Å²) in [5.74, 6) is 1.60. The van der Waals surface area contributed by atoms with E-state index < -0.39 is 0 Å². The second kappa shape index (κ2) is 6.47. The van der Waals surface area contributed by atoms with Crippen LogP contribution < -0.4 is 5.32 Å². The Hall–Kier alpha value is -2.25. The van der Waals surface area contributed by atoms with Crippen LogP contribution in [0.25, 0.3) is 0 Å². The first-order valence-electron chi connectivity index (χ1n) is 8.06. The SMILES string of the molecule is CCn1nc(C)c(C(=O)N[C@H]2CC[C@@H](Cc3nnc(C)o3)C2)n1. The van der Waals surface area contributed by atoms with Crippen molar-refractivity contribution in [1.82, 2.24) is 30.5 Å². The highest BCUT2D eigenvalue weighted by molar-refractivity contribution is 5.93. The van der Waals surface area contributed by atoms with Crippen molar-refractivity contribution in [1.29, 1.82) is 0 Å². The van der Waals surface area contributed by atoms with Gasteiger partial charge in [0.05, 0.1) is 12.2 Å². The van der Waals surface area contributed by atoms with Crippen LogP contribution in [0.4, 0.5) is 0 Å². The Morgan fingerprint density at radius 1 is 1.30 bits per heavy atom. The Morgan fingerprint density at radius 3 is 2.78 bits per heavy atom. The normalized spacial score (nSPS) is 20.8. The summed E-state index contributed by atoms with van der Waals surface area (Å²) in [5, 5.41) is 19.4. The van der Waals surface area contributed by atoms with E-state index in [2.05, 4.69) is 25.7 Å². The fourth-order valence-electron chi connectivity index (χ4n) is 3.09. The van der Waals surface area contributed by atoms with Crippen LogP contribution in [0.3, 0.4) is 0 Å². The molecule has 1 amide bonds. The summed E-state index contributed by atoms with van der Waals surface area (Å²) in [5.41, 5.74) is 1.09. The lowest BCUT2D eigenvalue weighted by atomic mass is 10.0. The molecule has 2 aromatic heterocycles. The summed E-state index contributed by atoms with van der Waals surface area (Å²) in [4.78, 5) is 13.9. The summed E-state index contributed by atoms with van der Waals surface area (Å²) in [6, 6.07) is 0.169. The second-order valence-corrected chi connectivity index (χ2v) is 6.09. The lowest BCUT2D eigenvalue weighted by molar-refractivity contribution is 0.0930. The van der Waals surface area contributed by atoms with Crippen LogP contribution in [-0.2, 0) is 13.0 Å². The first kappa shape index (κ1) is 15.6. The molecule has 8 nitrogen and oxygen atoms in total. The third-order valence-corrected chi connectivity index (χ3v) is 4.23. The number of nitrogens with one attached hydrogen (secondary N) is 1. The maximum absolute atomic E-state index is 12.4. The molecular formula is C15H22N6O2. The molecule has 0 aromatic carbocycles. The van der Waals surface area contributed by atoms with Crippen LogP contribution in [0.5, 0.6) is 0 Å². The lowest BCUT2D eigenvalue weighted by Crippen LogP contribution is -2.33. The fourth-order valence-corrected chi connectivity index (χ4v) is 3.09. The van der Waals surface area contributed by atoms with Gasteiger partial charge in [0, 0.05) is 19.4 Å². The van der Waals surface area contributed by atoms with E-state index in [1.165, 1.54) is 0 Å². The lowest BCUT2D eigenvalue weighted by Gasteiger charge is -2.12. The molecule has 0 unspecified atom stereocenters. The summed E-state index contributed by atoms with van der Waals surface area (Å²) in [7, 11) is 0. The van der Waals surface area contributed by atoms with Crippen LogP contribution >= 0.6 is 0 Å². The van der Waals surface area contributed by atoms with Gasteiger partial charge >= 0.3 is 0 Å². The second-order valence-electron chi connectivity index (χ2n) is 6.09. The molecule has 1 N–H and O–H groups in total. The molecule has 0 saturated heterocycles. The van der Waals surface area contributed by atoms with Crippen molar-refractivity contribution >= 4 is 5.91 Å². The molecule has 1 saturated carbocycles. The molecule has 8 heteroatoms. The Balaban J connectivity index is 1.54. The maximum atomic E-state index is 12.4. The standard InChI is InChI=1S/C15H22N6O2/c1-4-21-19-9(2)14(20-21)15(22)16-12-6-5-11(7-12)8-13-18-17-10(3)23-13/h11-12H,4-8H2,1-3H3,(H,16,22)/t11-,12+/m1/s1. The third-order valence-electron chi connectivity index (χ3n) is 4.23. The quantitative estimate of drug-likeness (QED) is 0.895. The monoisotopic (exact) mass is 318 g/mol. The van der Waals surface area contributed by atoms with Gasteiger partial charge in [-0.05, 0) is 39.0 Å². The van der Waals surface area contributed by atoms with Gasteiger partial charge in [-0.15, -0.1) is 15.3 Å². The number of carbonyl (C=O) groups is 1. The minimum Gasteiger partial charge on any atom is -0.426 e. The van der Waals surface area contributed by atoms with Gasteiger partial charge in [-0.3, -0.25) is 4.79 Å². The van der Waals surface area contributed by atoms with Gasteiger partial charge in [-0.2, -0.15) is 9.90 Å². The predicted octanol–water partition coefficient (Wildman–Crippen LogP) is 1.44. The fraction of sp³-hybridized carbons (Fsp3) is 0.667. The number of nitrogens with zero attached hydrogens (tertiary/aromatic N) is 5. The van der Waals surface area contributed by atoms with Gasteiger partial charge in [0.15, 0.2) is 5.69 Å². The minimum atomic E-state index is -0.138. The molecule has 2 atom stereocenters. The summed E-state index contributed by atoms with van der Waals surface area (Å²) in [6.07, 6.45) is 3.71. The largest absolute Gasteiger partial charge is 0.426 e. The summed E-state index contributed by atoms with van der Waals surface area (Å²) < 4.78 is 5.43. The van der Waals surface area contributed by atoms with E-state index in [1.54, 1.807) is 11.7 Å². The minimum absolute atomic E-state index is 0.138. The number of rotatable bonds is 5. The van der Waals surface area contributed by atoms with Crippen LogP contribution in [0.2, 0.25) is 0 Å². The summed E-state index contributed by atoms with van der Waals surface area (Å²) >= 11 is 0. The molecule has 3 rings (SSSR count). The van der Waals surface area contributed by atoms with Gasteiger partial charge in [-0.1, -0.05) is 0 Å². The zero-order valence-corrected chi connectivity index (χ0v) is 13.7. The van der Waals surface area contributed by atoms with E-state index in [0.717, 1.165) is 25.7 Å². The zero-order valence-electron chi connectivity index (χ0n) is 13.7. The van der Waals surface area contributed by atoms with Crippen LogP contribution in [0.1, 0.15) is 54.2 Å². The van der Waals surface area contributed by atoms with Crippen molar-refractivity contribution in [2.75, 3.05) is 0 Å². The Kier molecular flexibility index (Phi) is 4.40. The number of hydrogen-bond acceptors (Lipinski definition) is 6. The number of hydrogen-bond donors (Lipinski definition) is 1. The molecule has 1 aliphatic rings. The van der Waals surface area contributed by atoms with Crippen molar-refractivity contribution < 1.29 is 9.21 Å². The van der Waals surface area contributed by atoms with E-state index in [1.807, 2.05) is 13.8 Å². The van der Waals surface area contributed by atoms with Gasteiger partial charge < -0.3 is 9.73 Å². The van der Waals surface area contributed by atoms with Crippen molar-refractivity contribution in [3.05, 3.63) is 23.2 Å². The highest BCUT2D eigenvalue weighted by Gasteiger charge is 2.28. The molecule has 0 bridgehead atoms. The number of aromatic nitrogens is 5.